The minimum Gasteiger partial charge on any atom is -0.480 e. The van der Waals surface area contributed by atoms with Crippen molar-refractivity contribution in [3.63, 3.8) is 0 Å². The Morgan fingerprint density at radius 3 is 2.27 bits per heavy atom. The molecule has 0 radical (unpaired) electrons. The van der Waals surface area contributed by atoms with Gasteiger partial charge in [0.15, 0.2) is 0 Å². The Morgan fingerprint density at radius 1 is 1.10 bits per heavy atom. The molecular formula is C19H35N5O6. The van der Waals surface area contributed by atoms with Gasteiger partial charge < -0.3 is 37.2 Å². The summed E-state index contributed by atoms with van der Waals surface area (Å²) in [4.78, 5) is 50.3. The highest BCUT2D eigenvalue weighted by Crippen LogP contribution is 2.18. The fourth-order valence-corrected chi connectivity index (χ4v) is 3.28. The third-order valence-corrected chi connectivity index (χ3v) is 5.22. The number of aliphatic hydroxyl groups excluding tert-OH is 1. The summed E-state index contributed by atoms with van der Waals surface area (Å²) in [5.74, 6) is -3.06. The summed E-state index contributed by atoms with van der Waals surface area (Å²) in [6, 6.07) is -4.03. The maximum absolute atomic E-state index is 12.8. The maximum Gasteiger partial charge on any atom is 0.326 e. The van der Waals surface area contributed by atoms with E-state index in [1.54, 1.807) is 13.8 Å². The summed E-state index contributed by atoms with van der Waals surface area (Å²) in [5, 5.41) is 23.9. The van der Waals surface area contributed by atoms with Gasteiger partial charge in [-0.05, 0) is 44.6 Å². The number of hydrogen-bond acceptors (Lipinski definition) is 7. The second-order valence-corrected chi connectivity index (χ2v) is 7.89. The highest BCUT2D eigenvalue weighted by molar-refractivity contribution is 5.94. The fraction of sp³-hybridized carbons (Fsp3) is 0.789. The number of likely N-dealkylation sites (tertiary alicyclic amines) is 1. The molecule has 11 nitrogen and oxygen atoms in total. The van der Waals surface area contributed by atoms with Crippen molar-refractivity contribution < 1.29 is 29.4 Å². The number of aliphatic hydroxyl groups is 1. The molecule has 1 aliphatic heterocycles. The number of aliphatic carboxylic acids is 1. The topological polar surface area (TPSA) is 188 Å². The van der Waals surface area contributed by atoms with Crippen LogP contribution in [0.1, 0.15) is 46.0 Å². The van der Waals surface area contributed by atoms with Crippen LogP contribution in [-0.2, 0) is 19.2 Å². The Labute approximate surface area is 176 Å². The van der Waals surface area contributed by atoms with Crippen LogP contribution in [0.25, 0.3) is 0 Å². The lowest BCUT2D eigenvalue weighted by Gasteiger charge is -2.28. The number of unbranched alkanes of at least 4 members (excludes halogenated alkanes) is 1. The van der Waals surface area contributed by atoms with Crippen molar-refractivity contribution in [2.24, 2.45) is 17.4 Å². The molecule has 0 bridgehead atoms. The van der Waals surface area contributed by atoms with Crippen molar-refractivity contribution in [2.75, 3.05) is 19.7 Å². The van der Waals surface area contributed by atoms with Gasteiger partial charge in [-0.3, -0.25) is 14.4 Å². The number of carbonyl (C=O) groups excluding carboxylic acids is 3. The SMILES string of the molecule is CC(C)C(N)C(=O)NC(CCCCN)C(=O)NC(CO)C(=O)N1CCCC1C(=O)O. The number of nitrogens with one attached hydrogen (secondary N) is 2. The summed E-state index contributed by atoms with van der Waals surface area (Å²) < 4.78 is 0. The first-order valence-electron chi connectivity index (χ1n) is 10.3. The van der Waals surface area contributed by atoms with E-state index >= 15 is 0 Å². The van der Waals surface area contributed by atoms with Gasteiger partial charge in [0.2, 0.25) is 17.7 Å². The molecule has 3 amide bonds. The smallest absolute Gasteiger partial charge is 0.326 e. The van der Waals surface area contributed by atoms with E-state index in [9.17, 15) is 29.4 Å². The average Bonchev–Trinajstić information content (AvgIpc) is 3.20. The van der Waals surface area contributed by atoms with Crippen molar-refractivity contribution in [1.29, 1.82) is 0 Å². The molecule has 1 heterocycles. The molecule has 0 saturated carbocycles. The number of carboxylic acids is 1. The number of carboxylic acid groups (broad SMARTS) is 1. The molecule has 0 aromatic carbocycles. The van der Waals surface area contributed by atoms with E-state index in [-0.39, 0.29) is 18.9 Å². The van der Waals surface area contributed by atoms with E-state index in [4.69, 9.17) is 11.5 Å². The molecule has 11 heteroatoms. The first-order chi connectivity index (χ1) is 14.1. The molecule has 1 fully saturated rings. The van der Waals surface area contributed by atoms with Crippen molar-refractivity contribution in [1.82, 2.24) is 15.5 Å². The zero-order chi connectivity index (χ0) is 22.8. The number of amides is 3. The van der Waals surface area contributed by atoms with Gasteiger partial charge in [-0.2, -0.15) is 0 Å². The maximum atomic E-state index is 12.8. The summed E-state index contributed by atoms with van der Waals surface area (Å²) in [6.07, 6.45) is 2.34. The number of hydrogen-bond donors (Lipinski definition) is 6. The first kappa shape index (κ1) is 25.8. The average molecular weight is 430 g/mol. The predicted molar refractivity (Wildman–Crippen MR) is 109 cm³/mol. The van der Waals surface area contributed by atoms with Crippen molar-refractivity contribution in [3.8, 4) is 0 Å². The summed E-state index contributed by atoms with van der Waals surface area (Å²) in [7, 11) is 0. The molecule has 0 spiro atoms. The number of carbonyl (C=O) groups is 4. The molecule has 1 rings (SSSR count). The van der Waals surface area contributed by atoms with Crippen molar-refractivity contribution in [2.45, 2.75) is 70.1 Å². The molecule has 8 N–H and O–H groups in total. The van der Waals surface area contributed by atoms with Crippen LogP contribution in [0, 0.1) is 5.92 Å². The second-order valence-electron chi connectivity index (χ2n) is 7.89. The predicted octanol–water partition coefficient (Wildman–Crippen LogP) is -1.86. The normalized spacial score (nSPS) is 19.3. The Morgan fingerprint density at radius 2 is 1.73 bits per heavy atom. The van der Waals surface area contributed by atoms with Crippen molar-refractivity contribution in [3.05, 3.63) is 0 Å². The van der Waals surface area contributed by atoms with Crippen molar-refractivity contribution >= 4 is 23.7 Å². The van der Waals surface area contributed by atoms with E-state index in [1.807, 2.05) is 0 Å². The molecule has 4 atom stereocenters. The van der Waals surface area contributed by atoms with Gasteiger partial charge in [0.25, 0.3) is 0 Å². The Hall–Kier alpha value is -2.24. The standard InChI is InChI=1S/C19H35N5O6/c1-11(2)15(21)17(27)22-12(6-3-4-8-20)16(26)23-13(10-25)18(28)24-9-5-7-14(24)19(29)30/h11-15,25H,3-10,20-21H2,1-2H3,(H,22,27)(H,23,26)(H,29,30). The lowest BCUT2D eigenvalue weighted by Crippen LogP contribution is -2.58. The zero-order valence-electron chi connectivity index (χ0n) is 17.7. The third-order valence-electron chi connectivity index (χ3n) is 5.22. The molecule has 0 aromatic heterocycles. The van der Waals surface area contributed by atoms with E-state index in [1.165, 1.54) is 0 Å². The highest BCUT2D eigenvalue weighted by atomic mass is 16.4. The van der Waals surface area contributed by atoms with E-state index in [0.717, 1.165) is 4.90 Å². The van der Waals surface area contributed by atoms with E-state index < -0.39 is 54.5 Å². The number of nitrogens with zero attached hydrogens (tertiary/aromatic N) is 1. The monoisotopic (exact) mass is 429 g/mol. The van der Waals surface area contributed by atoms with Crippen LogP contribution in [0.15, 0.2) is 0 Å². The molecule has 4 unspecified atom stereocenters. The van der Waals surface area contributed by atoms with Crippen LogP contribution < -0.4 is 22.1 Å². The molecular weight excluding hydrogens is 394 g/mol. The quantitative estimate of drug-likeness (QED) is 0.195. The van der Waals surface area contributed by atoms with Gasteiger partial charge in [0.05, 0.1) is 12.6 Å². The van der Waals surface area contributed by atoms with Crippen LogP contribution in [0.2, 0.25) is 0 Å². The van der Waals surface area contributed by atoms with Crippen LogP contribution in [-0.4, -0.2) is 82.7 Å². The van der Waals surface area contributed by atoms with E-state index in [2.05, 4.69) is 10.6 Å². The summed E-state index contributed by atoms with van der Waals surface area (Å²) in [6.45, 7) is 3.54. The Kier molecular flexibility index (Phi) is 10.7. The Bertz CT molecular complexity index is 614. The van der Waals surface area contributed by atoms with Gasteiger partial charge in [-0.25, -0.2) is 4.79 Å². The zero-order valence-corrected chi connectivity index (χ0v) is 17.7. The first-order valence-corrected chi connectivity index (χ1v) is 10.3. The summed E-state index contributed by atoms with van der Waals surface area (Å²) >= 11 is 0. The van der Waals surface area contributed by atoms with Gasteiger partial charge >= 0.3 is 5.97 Å². The molecule has 30 heavy (non-hydrogen) atoms. The highest BCUT2D eigenvalue weighted by Gasteiger charge is 2.38. The molecule has 172 valence electrons. The van der Waals surface area contributed by atoms with Crippen LogP contribution in [0.3, 0.4) is 0 Å². The lowest BCUT2D eigenvalue weighted by molar-refractivity contribution is -0.150. The van der Waals surface area contributed by atoms with Gasteiger partial charge in [0.1, 0.15) is 18.1 Å². The molecule has 1 saturated heterocycles. The fourth-order valence-electron chi connectivity index (χ4n) is 3.28. The number of rotatable bonds is 12. The van der Waals surface area contributed by atoms with Crippen LogP contribution in [0.5, 0.6) is 0 Å². The lowest BCUT2D eigenvalue weighted by atomic mass is 10.0. The van der Waals surface area contributed by atoms with Gasteiger partial charge in [-0.15, -0.1) is 0 Å². The largest absolute Gasteiger partial charge is 0.480 e. The third kappa shape index (κ3) is 7.22. The Balaban J connectivity index is 2.86. The summed E-state index contributed by atoms with van der Waals surface area (Å²) in [5.41, 5.74) is 11.3. The minimum atomic E-state index is -1.30. The molecule has 1 aliphatic rings. The van der Waals surface area contributed by atoms with E-state index in [0.29, 0.717) is 32.2 Å². The van der Waals surface area contributed by atoms with Gasteiger partial charge in [-0.1, -0.05) is 13.8 Å². The van der Waals surface area contributed by atoms with Crippen LogP contribution >= 0.6 is 0 Å². The van der Waals surface area contributed by atoms with Crippen LogP contribution in [0.4, 0.5) is 0 Å². The molecule has 0 aromatic rings. The molecule has 0 aliphatic carbocycles. The second kappa shape index (κ2) is 12.5. The minimum absolute atomic E-state index is 0.132. The van der Waals surface area contributed by atoms with Gasteiger partial charge in [0, 0.05) is 6.54 Å². The number of nitrogens with two attached hydrogens (primary N) is 2.